The predicted molar refractivity (Wildman–Crippen MR) is 245 cm³/mol. The van der Waals surface area contributed by atoms with Crippen LogP contribution in [0.2, 0.25) is 0 Å². The summed E-state index contributed by atoms with van der Waals surface area (Å²) in [5, 5.41) is 0. The van der Waals surface area contributed by atoms with E-state index in [4.69, 9.17) is 0 Å². The molecule has 0 aliphatic heterocycles. The highest BCUT2D eigenvalue weighted by molar-refractivity contribution is 5.68. The van der Waals surface area contributed by atoms with E-state index in [0.29, 0.717) is 22.3 Å². The maximum atomic E-state index is 13.7. The van der Waals surface area contributed by atoms with Crippen LogP contribution in [0, 0.1) is 125 Å². The topological polar surface area (TPSA) is 0 Å². The summed E-state index contributed by atoms with van der Waals surface area (Å²) >= 11 is 0. The lowest BCUT2D eigenvalue weighted by Crippen LogP contribution is -1.96. The zero-order chi connectivity index (χ0) is 50.3. The van der Waals surface area contributed by atoms with Crippen molar-refractivity contribution in [3.05, 3.63) is 236 Å². The molecule has 352 valence electrons. The molecule has 0 amide bonds. The quantitative estimate of drug-likeness (QED) is 0.154. The van der Waals surface area contributed by atoms with Gasteiger partial charge in [0.25, 0.3) is 0 Å². The van der Waals surface area contributed by atoms with E-state index in [1.807, 2.05) is 31.2 Å². The van der Waals surface area contributed by atoms with Gasteiger partial charge in [-0.3, -0.25) is 0 Å². The van der Waals surface area contributed by atoms with Crippen LogP contribution in [0.4, 0.5) is 52.7 Å². The molecule has 0 unspecified atom stereocenters. The summed E-state index contributed by atoms with van der Waals surface area (Å²) in [6, 6.07) is 28.7. The molecular formula is C56H44F12. The van der Waals surface area contributed by atoms with E-state index < -0.39 is 64.0 Å². The molecule has 68 heavy (non-hydrogen) atoms. The summed E-state index contributed by atoms with van der Waals surface area (Å²) in [5.74, 6) is -8.13. The summed E-state index contributed by atoms with van der Waals surface area (Å²) in [6.07, 6.45) is 0. The van der Waals surface area contributed by atoms with E-state index in [-0.39, 0.29) is 55.9 Å². The van der Waals surface area contributed by atoms with Crippen LogP contribution < -0.4 is 0 Å². The van der Waals surface area contributed by atoms with E-state index in [0.717, 1.165) is 41.0 Å². The number of hydrogen-bond acceptors (Lipinski definition) is 0. The highest BCUT2D eigenvalue weighted by atomic mass is 19.2. The molecule has 0 saturated heterocycles. The highest BCUT2D eigenvalue weighted by Gasteiger charge is 2.16. The van der Waals surface area contributed by atoms with Crippen LogP contribution in [-0.4, -0.2) is 0 Å². The molecular weight excluding hydrogens is 901 g/mol. The maximum absolute atomic E-state index is 13.7. The Balaban J connectivity index is 0.000000170. The average Bonchev–Trinajstić information content (AvgIpc) is 3.29. The van der Waals surface area contributed by atoms with Gasteiger partial charge in [0.15, 0.2) is 11.6 Å². The van der Waals surface area contributed by atoms with E-state index in [1.165, 1.54) is 89.2 Å². The monoisotopic (exact) mass is 944 g/mol. The van der Waals surface area contributed by atoms with Crippen LogP contribution >= 0.6 is 0 Å². The Labute approximate surface area is 387 Å². The lowest BCUT2D eigenvalue weighted by Gasteiger charge is -2.08. The van der Waals surface area contributed by atoms with Crippen LogP contribution in [0.15, 0.2) is 121 Å². The van der Waals surface area contributed by atoms with Gasteiger partial charge >= 0.3 is 0 Å². The first-order valence-electron chi connectivity index (χ1n) is 20.8. The van der Waals surface area contributed by atoms with Crippen molar-refractivity contribution in [3.63, 3.8) is 0 Å². The Hall–Kier alpha value is -7.08. The standard InChI is InChI=1S/C14H10F4.2C14H11F3.C14H12F2/c1-7-3-4-10(14(18)13(7)17)9-5-11(15)8(2)12(16)6-9;1-8-3-4-10(5-12(8)15)11-6-13(16)9(2)14(17)7-11;1-8-3-4-11(14(17)5-8)10-6-12(15)9(2)13(16)7-10;1-9-3-5-11(6-4-9)12-7-13(15)10(2)14(16)8-12/h3-6H,1-2H3;2*3-7H,1-2H3;3-8H,1-2H3. The SMILES string of the molecule is Cc1ccc(-c2cc(F)c(C)c(F)c2)c(F)c1.Cc1ccc(-c2cc(F)c(C)c(F)c2)c(F)c1F.Cc1ccc(-c2cc(F)c(C)c(F)c2)cc1.Cc1ccc(-c2cc(F)c(C)c(F)c2)cc1F. The molecule has 0 heterocycles. The van der Waals surface area contributed by atoms with Crippen LogP contribution in [0.25, 0.3) is 44.5 Å². The molecule has 0 bridgehead atoms. The van der Waals surface area contributed by atoms with Crippen LogP contribution in [0.5, 0.6) is 0 Å². The summed E-state index contributed by atoms with van der Waals surface area (Å²) in [4.78, 5) is 0. The second-order valence-corrected chi connectivity index (χ2v) is 16.1. The fourth-order valence-corrected chi connectivity index (χ4v) is 6.47. The van der Waals surface area contributed by atoms with E-state index in [9.17, 15) is 52.7 Å². The zero-order valence-corrected chi connectivity index (χ0v) is 38.1. The molecule has 0 aliphatic carbocycles. The average molecular weight is 945 g/mol. The molecule has 8 aromatic carbocycles. The Morgan fingerprint density at radius 2 is 0.544 bits per heavy atom. The van der Waals surface area contributed by atoms with Gasteiger partial charge in [0.2, 0.25) is 0 Å². The molecule has 0 atom stereocenters. The molecule has 8 aromatic rings. The van der Waals surface area contributed by atoms with Crippen molar-refractivity contribution in [2.75, 3.05) is 0 Å². The Morgan fingerprint density at radius 1 is 0.221 bits per heavy atom. The molecule has 0 aliphatic rings. The third-order valence-corrected chi connectivity index (χ3v) is 11.0. The smallest absolute Gasteiger partial charge is 0.166 e. The van der Waals surface area contributed by atoms with Gasteiger partial charge in [0.1, 0.15) is 58.2 Å². The minimum Gasteiger partial charge on any atom is -0.207 e. The van der Waals surface area contributed by atoms with Crippen molar-refractivity contribution < 1.29 is 52.7 Å². The van der Waals surface area contributed by atoms with Crippen molar-refractivity contribution >= 4 is 0 Å². The highest BCUT2D eigenvalue weighted by Crippen LogP contribution is 2.31. The fourth-order valence-electron chi connectivity index (χ4n) is 6.47. The van der Waals surface area contributed by atoms with Crippen molar-refractivity contribution in [2.24, 2.45) is 0 Å². The van der Waals surface area contributed by atoms with E-state index in [2.05, 4.69) is 0 Å². The van der Waals surface area contributed by atoms with Crippen molar-refractivity contribution in [1.29, 1.82) is 0 Å². The van der Waals surface area contributed by atoms with Gasteiger partial charge in [0.05, 0.1) is 0 Å². The molecule has 0 radical (unpaired) electrons. The Kier molecular flexibility index (Phi) is 16.9. The van der Waals surface area contributed by atoms with Crippen LogP contribution in [0.1, 0.15) is 44.5 Å². The lowest BCUT2D eigenvalue weighted by molar-refractivity contribution is 0.505. The van der Waals surface area contributed by atoms with Gasteiger partial charge in [0, 0.05) is 33.4 Å². The van der Waals surface area contributed by atoms with Crippen molar-refractivity contribution in [2.45, 2.75) is 55.4 Å². The minimum absolute atomic E-state index is 0.0213. The first-order chi connectivity index (χ1) is 32.0. The van der Waals surface area contributed by atoms with Gasteiger partial charge < -0.3 is 0 Å². The van der Waals surface area contributed by atoms with Crippen LogP contribution in [0.3, 0.4) is 0 Å². The zero-order valence-electron chi connectivity index (χ0n) is 38.1. The molecule has 0 N–H and O–H groups in total. The minimum atomic E-state index is -1.10. The van der Waals surface area contributed by atoms with E-state index in [1.54, 1.807) is 32.0 Å². The number of halogens is 12. The molecule has 0 saturated carbocycles. The van der Waals surface area contributed by atoms with Gasteiger partial charge in [-0.05, 0) is 166 Å². The second-order valence-electron chi connectivity index (χ2n) is 16.1. The summed E-state index contributed by atoms with van der Waals surface area (Å²) in [7, 11) is 0. The van der Waals surface area contributed by atoms with Crippen molar-refractivity contribution in [1.82, 2.24) is 0 Å². The number of rotatable bonds is 4. The van der Waals surface area contributed by atoms with Gasteiger partial charge in [-0.15, -0.1) is 0 Å². The normalized spacial score (nSPS) is 10.6. The van der Waals surface area contributed by atoms with Gasteiger partial charge in [-0.1, -0.05) is 66.2 Å². The molecule has 12 heteroatoms. The summed E-state index contributed by atoms with van der Waals surface area (Å²) in [5.41, 5.74) is 4.80. The molecule has 0 fully saturated rings. The predicted octanol–water partition coefficient (Wildman–Crippen LogP) is 17.6. The Morgan fingerprint density at radius 3 is 0.956 bits per heavy atom. The third-order valence-electron chi connectivity index (χ3n) is 11.0. The third kappa shape index (κ3) is 12.5. The van der Waals surface area contributed by atoms with Crippen molar-refractivity contribution in [3.8, 4) is 44.5 Å². The largest absolute Gasteiger partial charge is 0.207 e. The molecule has 0 aromatic heterocycles. The second kappa shape index (κ2) is 22.1. The molecule has 0 nitrogen and oxygen atoms in total. The summed E-state index contributed by atoms with van der Waals surface area (Å²) in [6.45, 7) is 12.2. The Bertz CT molecular complexity index is 3030. The number of benzene rings is 8. The van der Waals surface area contributed by atoms with Crippen LogP contribution in [-0.2, 0) is 0 Å². The van der Waals surface area contributed by atoms with Gasteiger partial charge in [-0.2, -0.15) is 0 Å². The first kappa shape index (κ1) is 51.9. The maximum Gasteiger partial charge on any atom is 0.166 e. The molecule has 8 rings (SSSR count). The summed E-state index contributed by atoms with van der Waals surface area (Å²) < 4.78 is 161. The lowest BCUT2D eigenvalue weighted by atomic mass is 10.0. The first-order valence-corrected chi connectivity index (χ1v) is 20.8. The number of aryl methyl sites for hydroxylation is 4. The van der Waals surface area contributed by atoms with Gasteiger partial charge in [-0.25, -0.2) is 52.7 Å². The number of hydrogen-bond donors (Lipinski definition) is 0. The fraction of sp³-hybridized carbons (Fsp3) is 0.143. The molecule has 0 spiro atoms. The van der Waals surface area contributed by atoms with E-state index >= 15 is 0 Å².